The summed E-state index contributed by atoms with van der Waals surface area (Å²) in [6.45, 7) is 0.741. The smallest absolute Gasteiger partial charge is 0.126 e. The number of hydrogen-bond acceptors (Lipinski definition) is 2. The molecule has 1 aliphatic rings. The molecule has 84 valence electrons. The number of nitrogens with one attached hydrogen (secondary N) is 1. The Morgan fingerprint density at radius 2 is 2.12 bits per heavy atom. The van der Waals surface area contributed by atoms with Gasteiger partial charge in [-0.25, -0.2) is 4.39 Å². The van der Waals surface area contributed by atoms with Crippen LogP contribution in [-0.4, -0.2) is 12.6 Å². The maximum atomic E-state index is 13.4. The van der Waals surface area contributed by atoms with E-state index in [9.17, 15) is 4.39 Å². The topological polar surface area (TPSA) is 35.8 Å². The van der Waals surface area contributed by atoms with Gasteiger partial charge in [0.25, 0.3) is 0 Å². The second-order valence-electron chi connectivity index (χ2n) is 4.25. The van der Waals surface area contributed by atoms with Gasteiger partial charge >= 0.3 is 0 Å². The molecule has 1 N–H and O–H groups in total. The summed E-state index contributed by atoms with van der Waals surface area (Å²) < 4.78 is 13.4. The van der Waals surface area contributed by atoms with Crippen LogP contribution < -0.4 is 5.32 Å². The standard InChI is InChI=1S/C13H15FN2/c14-13-5-2-1-4-12(13)10-8-11(9-10)16-7-3-6-15/h1-2,4-5,10-11,16H,3,7-9H2. The first kappa shape index (κ1) is 11.1. The molecule has 3 heteroatoms. The lowest BCUT2D eigenvalue weighted by Gasteiger charge is -2.36. The zero-order chi connectivity index (χ0) is 11.4. The van der Waals surface area contributed by atoms with Crippen molar-refractivity contribution in [3.8, 4) is 6.07 Å². The number of hydrogen-bond donors (Lipinski definition) is 1. The summed E-state index contributed by atoms with van der Waals surface area (Å²) >= 11 is 0. The van der Waals surface area contributed by atoms with Crippen LogP contribution in [0.5, 0.6) is 0 Å². The Morgan fingerprint density at radius 1 is 1.38 bits per heavy atom. The molecule has 1 aromatic carbocycles. The van der Waals surface area contributed by atoms with Gasteiger partial charge in [0.1, 0.15) is 5.82 Å². The molecule has 0 spiro atoms. The van der Waals surface area contributed by atoms with Crippen molar-refractivity contribution in [3.05, 3.63) is 35.6 Å². The van der Waals surface area contributed by atoms with Gasteiger partial charge in [-0.15, -0.1) is 0 Å². The first-order valence-corrected chi connectivity index (χ1v) is 5.66. The lowest BCUT2D eigenvalue weighted by atomic mass is 9.75. The Labute approximate surface area is 95.1 Å². The van der Waals surface area contributed by atoms with Crippen LogP contribution in [0.15, 0.2) is 24.3 Å². The average molecular weight is 218 g/mol. The van der Waals surface area contributed by atoms with Crippen LogP contribution in [0.25, 0.3) is 0 Å². The first-order chi connectivity index (χ1) is 7.81. The molecular formula is C13H15FN2. The highest BCUT2D eigenvalue weighted by molar-refractivity contribution is 5.24. The Balaban J connectivity index is 1.80. The van der Waals surface area contributed by atoms with E-state index in [1.165, 1.54) is 6.07 Å². The molecule has 1 fully saturated rings. The molecule has 0 radical (unpaired) electrons. The monoisotopic (exact) mass is 218 g/mol. The van der Waals surface area contributed by atoms with Crippen molar-refractivity contribution in [2.75, 3.05) is 6.54 Å². The predicted molar refractivity (Wildman–Crippen MR) is 60.4 cm³/mol. The van der Waals surface area contributed by atoms with Gasteiger partial charge in [-0.2, -0.15) is 5.26 Å². The summed E-state index contributed by atoms with van der Waals surface area (Å²) in [5.41, 5.74) is 0.834. The highest BCUT2D eigenvalue weighted by Crippen LogP contribution is 2.37. The summed E-state index contributed by atoms with van der Waals surface area (Å²) in [7, 11) is 0. The molecule has 0 amide bonds. The van der Waals surface area contributed by atoms with Crippen LogP contribution in [0.4, 0.5) is 4.39 Å². The van der Waals surface area contributed by atoms with E-state index in [0.29, 0.717) is 18.4 Å². The minimum Gasteiger partial charge on any atom is -0.313 e. The molecule has 0 aliphatic heterocycles. The molecule has 0 aromatic heterocycles. The maximum absolute atomic E-state index is 13.4. The third-order valence-corrected chi connectivity index (χ3v) is 3.15. The van der Waals surface area contributed by atoms with Crippen molar-refractivity contribution < 1.29 is 4.39 Å². The second kappa shape index (κ2) is 5.09. The molecule has 0 bridgehead atoms. The van der Waals surface area contributed by atoms with Crippen molar-refractivity contribution >= 4 is 0 Å². The predicted octanol–water partition coefficient (Wildman–Crippen LogP) is 2.57. The molecule has 0 saturated heterocycles. The summed E-state index contributed by atoms with van der Waals surface area (Å²) in [4.78, 5) is 0. The average Bonchev–Trinajstić information content (AvgIpc) is 2.23. The van der Waals surface area contributed by atoms with E-state index in [-0.39, 0.29) is 5.82 Å². The van der Waals surface area contributed by atoms with Crippen molar-refractivity contribution in [1.82, 2.24) is 5.32 Å². The highest BCUT2D eigenvalue weighted by Gasteiger charge is 2.31. The van der Waals surface area contributed by atoms with E-state index in [1.807, 2.05) is 12.1 Å². The molecular weight excluding hydrogens is 203 g/mol. The highest BCUT2D eigenvalue weighted by atomic mass is 19.1. The van der Waals surface area contributed by atoms with Gasteiger partial charge in [-0.1, -0.05) is 18.2 Å². The number of nitrogens with zero attached hydrogens (tertiary/aromatic N) is 1. The molecule has 16 heavy (non-hydrogen) atoms. The van der Waals surface area contributed by atoms with Gasteiger partial charge in [0.15, 0.2) is 0 Å². The van der Waals surface area contributed by atoms with Crippen LogP contribution in [-0.2, 0) is 0 Å². The zero-order valence-corrected chi connectivity index (χ0v) is 9.12. The van der Waals surface area contributed by atoms with Crippen LogP contribution in [0.3, 0.4) is 0 Å². The van der Waals surface area contributed by atoms with Crippen LogP contribution in [0, 0.1) is 17.1 Å². The largest absolute Gasteiger partial charge is 0.313 e. The van der Waals surface area contributed by atoms with Crippen LogP contribution >= 0.6 is 0 Å². The number of benzene rings is 1. The molecule has 2 rings (SSSR count). The van der Waals surface area contributed by atoms with Crippen molar-refractivity contribution in [2.45, 2.75) is 31.2 Å². The summed E-state index contributed by atoms with van der Waals surface area (Å²) in [6, 6.07) is 9.55. The van der Waals surface area contributed by atoms with E-state index in [4.69, 9.17) is 5.26 Å². The number of rotatable bonds is 4. The minimum atomic E-state index is -0.0945. The molecule has 1 aromatic rings. The lowest BCUT2D eigenvalue weighted by molar-refractivity contribution is 0.288. The normalized spacial score (nSPS) is 23.5. The summed E-state index contributed by atoms with van der Waals surface area (Å²) in [5.74, 6) is 0.253. The molecule has 1 aliphatic carbocycles. The van der Waals surface area contributed by atoms with Gasteiger partial charge in [0.05, 0.1) is 6.07 Å². The fourth-order valence-electron chi connectivity index (χ4n) is 2.18. The van der Waals surface area contributed by atoms with E-state index in [1.54, 1.807) is 6.07 Å². The molecule has 0 heterocycles. The van der Waals surface area contributed by atoms with E-state index >= 15 is 0 Å². The summed E-state index contributed by atoms with van der Waals surface area (Å²) in [5, 5.41) is 11.7. The molecule has 1 saturated carbocycles. The van der Waals surface area contributed by atoms with Gasteiger partial charge in [-0.3, -0.25) is 0 Å². The Kier molecular flexibility index (Phi) is 3.53. The van der Waals surface area contributed by atoms with E-state index < -0.39 is 0 Å². The van der Waals surface area contributed by atoms with Crippen molar-refractivity contribution in [3.63, 3.8) is 0 Å². The second-order valence-corrected chi connectivity index (χ2v) is 4.25. The first-order valence-electron chi connectivity index (χ1n) is 5.66. The molecule has 0 atom stereocenters. The third-order valence-electron chi connectivity index (χ3n) is 3.15. The third kappa shape index (κ3) is 2.40. The van der Waals surface area contributed by atoms with E-state index in [2.05, 4.69) is 11.4 Å². The van der Waals surface area contributed by atoms with Gasteiger partial charge < -0.3 is 5.32 Å². The Bertz CT molecular complexity index is 391. The molecule has 2 nitrogen and oxygen atoms in total. The SMILES string of the molecule is N#CCCNC1CC(c2ccccc2F)C1. The Morgan fingerprint density at radius 3 is 2.81 bits per heavy atom. The number of nitriles is 1. The van der Waals surface area contributed by atoms with Gasteiger partial charge in [0.2, 0.25) is 0 Å². The number of halogens is 1. The fraction of sp³-hybridized carbons (Fsp3) is 0.462. The van der Waals surface area contributed by atoms with Crippen LogP contribution in [0.1, 0.15) is 30.7 Å². The van der Waals surface area contributed by atoms with Crippen molar-refractivity contribution in [1.29, 1.82) is 5.26 Å². The zero-order valence-electron chi connectivity index (χ0n) is 9.12. The molecule has 0 unspecified atom stereocenters. The lowest BCUT2D eigenvalue weighted by Crippen LogP contribution is -2.40. The van der Waals surface area contributed by atoms with Crippen LogP contribution in [0.2, 0.25) is 0 Å². The van der Waals surface area contributed by atoms with Crippen molar-refractivity contribution in [2.24, 2.45) is 0 Å². The quantitative estimate of drug-likeness (QED) is 0.788. The maximum Gasteiger partial charge on any atom is 0.126 e. The van der Waals surface area contributed by atoms with E-state index in [0.717, 1.165) is 24.9 Å². The summed E-state index contributed by atoms with van der Waals surface area (Å²) in [6.07, 6.45) is 2.50. The Hall–Kier alpha value is -1.40. The minimum absolute atomic E-state index is 0.0945. The fourth-order valence-corrected chi connectivity index (χ4v) is 2.18. The van der Waals surface area contributed by atoms with Gasteiger partial charge in [0, 0.05) is 19.0 Å². The van der Waals surface area contributed by atoms with Gasteiger partial charge in [-0.05, 0) is 30.4 Å².